The fourth-order valence-corrected chi connectivity index (χ4v) is 2.16. The average Bonchev–Trinajstić information content (AvgIpc) is 2.54. The van der Waals surface area contributed by atoms with Crippen LogP contribution >= 0.6 is 0 Å². The molecule has 0 atom stereocenters. The number of rotatable bonds is 2. The van der Waals surface area contributed by atoms with Gasteiger partial charge < -0.3 is 10.1 Å². The summed E-state index contributed by atoms with van der Waals surface area (Å²) in [6, 6.07) is 11.0. The van der Waals surface area contributed by atoms with E-state index in [0.29, 0.717) is 10.9 Å². The number of nitrogens with two attached hydrogens (primary N) is 1. The molecule has 1 heterocycles. The summed E-state index contributed by atoms with van der Waals surface area (Å²) in [5.74, 6) is 4.65. The number of aromatic nitrogens is 2. The van der Waals surface area contributed by atoms with Gasteiger partial charge in [-0.05, 0) is 30.3 Å². The van der Waals surface area contributed by atoms with Crippen LogP contribution in [0.25, 0.3) is 22.3 Å². The van der Waals surface area contributed by atoms with Crippen molar-refractivity contribution >= 4 is 16.8 Å². The number of fused-ring (bicyclic) bond motifs is 1. The molecule has 0 spiro atoms. The van der Waals surface area contributed by atoms with E-state index in [-0.39, 0.29) is 28.3 Å². The third-order valence-corrected chi connectivity index (χ3v) is 3.26. The number of aromatic hydroxyl groups is 1. The molecule has 0 saturated carbocycles. The van der Waals surface area contributed by atoms with Crippen molar-refractivity contribution in [3.63, 3.8) is 0 Å². The van der Waals surface area contributed by atoms with Gasteiger partial charge in [-0.25, -0.2) is 10.8 Å². The highest BCUT2D eigenvalue weighted by Gasteiger charge is 2.13. The van der Waals surface area contributed by atoms with Crippen molar-refractivity contribution < 1.29 is 9.90 Å². The number of carbonyl (C=O) groups is 1. The third kappa shape index (κ3) is 2.29. The minimum Gasteiger partial charge on any atom is -0.507 e. The third-order valence-electron chi connectivity index (χ3n) is 3.26. The lowest BCUT2D eigenvalue weighted by atomic mass is 10.1. The number of carbonyl (C=O) groups excluding carboxylic acids is 1. The SMILES string of the molecule is NNC(=O)c1ccc(O)c(-c2nc3ccccc3c(=O)[nH]2)c1. The van der Waals surface area contributed by atoms with E-state index in [1.807, 2.05) is 5.43 Å². The van der Waals surface area contributed by atoms with E-state index in [4.69, 9.17) is 5.84 Å². The number of amides is 1. The number of H-pyrrole nitrogens is 1. The quantitative estimate of drug-likeness (QED) is 0.318. The summed E-state index contributed by atoms with van der Waals surface area (Å²) in [6.45, 7) is 0. The van der Waals surface area contributed by atoms with Gasteiger partial charge in [0.25, 0.3) is 11.5 Å². The Morgan fingerprint density at radius 1 is 1.23 bits per heavy atom. The van der Waals surface area contributed by atoms with Gasteiger partial charge in [0.15, 0.2) is 0 Å². The molecule has 0 bridgehead atoms. The van der Waals surface area contributed by atoms with Crippen LogP contribution in [-0.4, -0.2) is 21.0 Å². The maximum absolute atomic E-state index is 12.1. The topological polar surface area (TPSA) is 121 Å². The van der Waals surface area contributed by atoms with E-state index in [1.165, 1.54) is 18.2 Å². The van der Waals surface area contributed by atoms with Gasteiger partial charge in [-0.3, -0.25) is 15.0 Å². The standard InChI is InChI=1S/C15H12N4O3/c16-19-14(21)8-5-6-12(20)10(7-8)13-17-11-4-2-1-3-9(11)15(22)18-13/h1-7,20H,16H2,(H,19,21)(H,17,18,22). The predicted molar refractivity (Wildman–Crippen MR) is 81.1 cm³/mol. The Kier molecular flexibility index (Phi) is 3.32. The molecule has 0 aliphatic heterocycles. The number of phenols is 1. The molecular weight excluding hydrogens is 284 g/mol. The van der Waals surface area contributed by atoms with Crippen LogP contribution in [-0.2, 0) is 0 Å². The fourth-order valence-electron chi connectivity index (χ4n) is 2.16. The van der Waals surface area contributed by atoms with Crippen molar-refractivity contribution in [3.05, 3.63) is 58.4 Å². The minimum absolute atomic E-state index is 0.105. The zero-order valence-corrected chi connectivity index (χ0v) is 11.3. The Hall–Kier alpha value is -3.19. The number of benzene rings is 2. The van der Waals surface area contributed by atoms with Gasteiger partial charge >= 0.3 is 0 Å². The minimum atomic E-state index is -0.510. The zero-order chi connectivity index (χ0) is 15.7. The van der Waals surface area contributed by atoms with Crippen LogP contribution in [0.4, 0.5) is 0 Å². The number of nitrogens with one attached hydrogen (secondary N) is 2. The summed E-state index contributed by atoms with van der Waals surface area (Å²) >= 11 is 0. The normalized spacial score (nSPS) is 10.6. The molecule has 3 aromatic rings. The lowest BCUT2D eigenvalue weighted by Crippen LogP contribution is -2.29. The van der Waals surface area contributed by atoms with Crippen LogP contribution in [0.1, 0.15) is 10.4 Å². The molecule has 5 N–H and O–H groups in total. The van der Waals surface area contributed by atoms with Gasteiger partial charge in [-0.2, -0.15) is 0 Å². The van der Waals surface area contributed by atoms with Crippen LogP contribution in [0.3, 0.4) is 0 Å². The van der Waals surface area contributed by atoms with Crippen LogP contribution in [0, 0.1) is 0 Å². The van der Waals surface area contributed by atoms with Crippen molar-refractivity contribution in [3.8, 4) is 17.1 Å². The summed E-state index contributed by atoms with van der Waals surface area (Å²) in [5, 5.41) is 10.4. The Labute approximate surface area is 124 Å². The highest BCUT2D eigenvalue weighted by atomic mass is 16.3. The van der Waals surface area contributed by atoms with E-state index >= 15 is 0 Å². The molecule has 3 rings (SSSR count). The lowest BCUT2D eigenvalue weighted by Gasteiger charge is -2.07. The van der Waals surface area contributed by atoms with Crippen LogP contribution in [0.15, 0.2) is 47.3 Å². The molecule has 0 aliphatic carbocycles. The first-order valence-electron chi connectivity index (χ1n) is 6.43. The molecule has 0 fully saturated rings. The van der Waals surface area contributed by atoms with Gasteiger partial charge in [0.2, 0.25) is 0 Å². The second-order valence-corrected chi connectivity index (χ2v) is 4.64. The van der Waals surface area contributed by atoms with Crippen molar-refractivity contribution in [1.82, 2.24) is 15.4 Å². The summed E-state index contributed by atoms with van der Waals surface area (Å²) in [6.07, 6.45) is 0. The summed E-state index contributed by atoms with van der Waals surface area (Å²) < 4.78 is 0. The Morgan fingerprint density at radius 2 is 2.00 bits per heavy atom. The summed E-state index contributed by atoms with van der Waals surface area (Å²) in [5.41, 5.74) is 2.66. The van der Waals surface area contributed by atoms with Crippen molar-refractivity contribution in [2.24, 2.45) is 5.84 Å². The number of aromatic amines is 1. The fraction of sp³-hybridized carbons (Fsp3) is 0. The number of hydrazine groups is 1. The van der Waals surface area contributed by atoms with E-state index < -0.39 is 5.91 Å². The van der Waals surface area contributed by atoms with Gasteiger partial charge in [0, 0.05) is 5.56 Å². The second-order valence-electron chi connectivity index (χ2n) is 4.64. The number of hydrogen-bond donors (Lipinski definition) is 4. The molecule has 1 aromatic heterocycles. The van der Waals surface area contributed by atoms with Crippen LogP contribution in [0.2, 0.25) is 0 Å². The van der Waals surface area contributed by atoms with E-state index in [9.17, 15) is 14.7 Å². The van der Waals surface area contributed by atoms with Crippen LogP contribution < -0.4 is 16.8 Å². The predicted octanol–water partition coefficient (Wildman–Crippen LogP) is 0.899. The molecule has 0 saturated heterocycles. The Balaban J connectivity index is 2.23. The first kappa shape index (κ1) is 13.8. The Morgan fingerprint density at radius 3 is 2.77 bits per heavy atom. The number of phenolic OH excluding ortho intramolecular Hbond substituents is 1. The van der Waals surface area contributed by atoms with E-state index in [2.05, 4.69) is 9.97 Å². The highest BCUT2D eigenvalue weighted by molar-refractivity contribution is 5.95. The van der Waals surface area contributed by atoms with Crippen molar-refractivity contribution in [1.29, 1.82) is 0 Å². The molecule has 1 amide bonds. The molecule has 0 aliphatic rings. The molecule has 7 heteroatoms. The first-order valence-corrected chi connectivity index (χ1v) is 6.43. The molecule has 2 aromatic carbocycles. The lowest BCUT2D eigenvalue weighted by molar-refractivity contribution is 0.0953. The van der Waals surface area contributed by atoms with E-state index in [0.717, 1.165) is 0 Å². The van der Waals surface area contributed by atoms with Crippen molar-refractivity contribution in [2.45, 2.75) is 0 Å². The smallest absolute Gasteiger partial charge is 0.265 e. The molecule has 22 heavy (non-hydrogen) atoms. The first-order chi connectivity index (χ1) is 10.6. The maximum atomic E-state index is 12.1. The zero-order valence-electron chi connectivity index (χ0n) is 11.3. The Bertz CT molecular complexity index is 933. The molecular formula is C15H12N4O3. The van der Waals surface area contributed by atoms with Crippen LogP contribution in [0.5, 0.6) is 5.75 Å². The summed E-state index contributed by atoms with van der Waals surface area (Å²) in [4.78, 5) is 30.6. The maximum Gasteiger partial charge on any atom is 0.265 e. The number of nitrogen functional groups attached to an aromatic ring is 1. The van der Waals surface area contributed by atoms with Gasteiger partial charge in [-0.15, -0.1) is 0 Å². The van der Waals surface area contributed by atoms with Gasteiger partial charge in [0.05, 0.1) is 16.5 Å². The van der Waals surface area contributed by atoms with Crippen molar-refractivity contribution in [2.75, 3.05) is 0 Å². The summed E-state index contributed by atoms with van der Waals surface area (Å²) in [7, 11) is 0. The largest absolute Gasteiger partial charge is 0.507 e. The average molecular weight is 296 g/mol. The molecule has 0 unspecified atom stereocenters. The van der Waals surface area contributed by atoms with Gasteiger partial charge in [-0.1, -0.05) is 12.1 Å². The molecule has 110 valence electrons. The number of nitrogens with zero attached hydrogens (tertiary/aromatic N) is 1. The van der Waals surface area contributed by atoms with Gasteiger partial charge in [0.1, 0.15) is 11.6 Å². The molecule has 0 radical (unpaired) electrons. The number of para-hydroxylation sites is 1. The highest BCUT2D eigenvalue weighted by Crippen LogP contribution is 2.27. The second kappa shape index (κ2) is 5.30. The number of hydrogen-bond acceptors (Lipinski definition) is 5. The monoisotopic (exact) mass is 296 g/mol. The van der Waals surface area contributed by atoms with E-state index in [1.54, 1.807) is 24.3 Å². The molecule has 7 nitrogen and oxygen atoms in total.